The van der Waals surface area contributed by atoms with Crippen molar-refractivity contribution in [2.24, 2.45) is 0 Å². The molecular weight excluding hydrogens is 385 g/mol. The molecule has 3 rings (SSSR count). The number of pyridine rings is 1. The van der Waals surface area contributed by atoms with E-state index in [0.717, 1.165) is 0 Å². The van der Waals surface area contributed by atoms with Crippen molar-refractivity contribution in [1.82, 2.24) is 14.2 Å². The first-order valence-electron chi connectivity index (χ1n) is 7.55. The number of amides is 1. The lowest BCUT2D eigenvalue weighted by Gasteiger charge is -2.33. The summed E-state index contributed by atoms with van der Waals surface area (Å²) in [6, 6.07) is 9.34. The van der Waals surface area contributed by atoms with Crippen LogP contribution in [0.4, 0.5) is 0 Å². The van der Waals surface area contributed by atoms with Crippen LogP contribution in [-0.4, -0.2) is 54.7 Å². The van der Waals surface area contributed by atoms with Gasteiger partial charge in [0, 0.05) is 32.4 Å². The zero-order chi connectivity index (χ0) is 18.0. The third-order valence-electron chi connectivity index (χ3n) is 3.94. The Bertz CT molecular complexity index is 883. The molecule has 132 valence electrons. The van der Waals surface area contributed by atoms with Gasteiger partial charge in [0.2, 0.25) is 10.0 Å². The van der Waals surface area contributed by atoms with Crippen LogP contribution in [0.3, 0.4) is 0 Å². The maximum absolute atomic E-state index is 12.7. The zero-order valence-electron chi connectivity index (χ0n) is 13.1. The molecule has 1 aliphatic heterocycles. The van der Waals surface area contributed by atoms with E-state index in [4.69, 9.17) is 23.2 Å². The molecule has 0 unspecified atom stereocenters. The first kappa shape index (κ1) is 18.1. The highest BCUT2D eigenvalue weighted by Crippen LogP contribution is 2.27. The third-order valence-corrected chi connectivity index (χ3v) is 6.57. The van der Waals surface area contributed by atoms with Crippen LogP contribution >= 0.6 is 23.2 Å². The molecule has 2 heterocycles. The molecule has 1 aromatic heterocycles. The van der Waals surface area contributed by atoms with Gasteiger partial charge >= 0.3 is 0 Å². The molecule has 0 saturated carbocycles. The highest BCUT2D eigenvalue weighted by molar-refractivity contribution is 7.89. The normalized spacial score (nSPS) is 16.0. The van der Waals surface area contributed by atoms with Gasteiger partial charge in [0.15, 0.2) is 0 Å². The largest absolute Gasteiger partial charge is 0.335 e. The smallest absolute Gasteiger partial charge is 0.272 e. The molecule has 6 nitrogen and oxygen atoms in total. The molecular formula is C16H15Cl2N3O3S. The van der Waals surface area contributed by atoms with Gasteiger partial charge in [-0.25, -0.2) is 8.42 Å². The number of piperazine rings is 1. The molecule has 0 N–H and O–H groups in total. The second-order valence-corrected chi connectivity index (χ2v) is 8.24. The van der Waals surface area contributed by atoms with Crippen LogP contribution < -0.4 is 0 Å². The number of carbonyl (C=O) groups excluding carboxylic acids is 1. The van der Waals surface area contributed by atoms with E-state index in [2.05, 4.69) is 4.98 Å². The van der Waals surface area contributed by atoms with Gasteiger partial charge in [-0.1, -0.05) is 29.3 Å². The quantitative estimate of drug-likeness (QED) is 0.794. The lowest BCUT2D eigenvalue weighted by atomic mass is 10.3. The van der Waals surface area contributed by atoms with Crippen LogP contribution in [0.5, 0.6) is 0 Å². The Morgan fingerprint density at radius 3 is 2.32 bits per heavy atom. The number of carbonyl (C=O) groups is 1. The van der Waals surface area contributed by atoms with E-state index in [1.807, 2.05) is 0 Å². The van der Waals surface area contributed by atoms with Crippen molar-refractivity contribution in [1.29, 1.82) is 0 Å². The molecule has 1 aromatic carbocycles. The molecule has 1 fully saturated rings. The first-order valence-corrected chi connectivity index (χ1v) is 9.75. The highest BCUT2D eigenvalue weighted by atomic mass is 35.5. The van der Waals surface area contributed by atoms with Gasteiger partial charge in [0.25, 0.3) is 5.91 Å². The number of hydrogen-bond acceptors (Lipinski definition) is 4. The molecule has 0 bridgehead atoms. The molecule has 1 saturated heterocycles. The second-order valence-electron chi connectivity index (χ2n) is 5.49. The van der Waals surface area contributed by atoms with Crippen molar-refractivity contribution in [2.75, 3.05) is 26.2 Å². The van der Waals surface area contributed by atoms with Gasteiger partial charge in [-0.3, -0.25) is 9.78 Å². The number of sulfonamides is 1. The Kier molecular flexibility index (Phi) is 5.29. The number of hydrogen-bond donors (Lipinski definition) is 0. The van der Waals surface area contributed by atoms with Crippen LogP contribution in [0.15, 0.2) is 47.5 Å². The first-order chi connectivity index (χ1) is 11.9. The maximum atomic E-state index is 12.7. The topological polar surface area (TPSA) is 70.6 Å². The Balaban J connectivity index is 1.71. The summed E-state index contributed by atoms with van der Waals surface area (Å²) < 4.78 is 26.8. The average Bonchev–Trinajstić information content (AvgIpc) is 2.64. The van der Waals surface area contributed by atoms with Crippen LogP contribution in [-0.2, 0) is 10.0 Å². The number of nitrogens with zero attached hydrogens (tertiary/aromatic N) is 3. The number of halogens is 2. The van der Waals surface area contributed by atoms with Gasteiger partial charge in [0.05, 0.1) is 14.9 Å². The average molecular weight is 400 g/mol. The molecule has 0 radical (unpaired) electrons. The predicted molar refractivity (Wildman–Crippen MR) is 95.4 cm³/mol. The molecule has 0 spiro atoms. The van der Waals surface area contributed by atoms with Crippen molar-refractivity contribution >= 4 is 39.1 Å². The van der Waals surface area contributed by atoms with E-state index >= 15 is 0 Å². The minimum absolute atomic E-state index is 0.0893. The monoisotopic (exact) mass is 399 g/mol. The van der Waals surface area contributed by atoms with Gasteiger partial charge in [-0.05, 0) is 30.3 Å². The van der Waals surface area contributed by atoms with E-state index in [1.54, 1.807) is 29.3 Å². The van der Waals surface area contributed by atoms with E-state index in [1.165, 1.54) is 22.5 Å². The van der Waals surface area contributed by atoms with Crippen molar-refractivity contribution in [3.63, 3.8) is 0 Å². The lowest BCUT2D eigenvalue weighted by molar-refractivity contribution is 0.0692. The number of aromatic nitrogens is 1. The van der Waals surface area contributed by atoms with E-state index in [9.17, 15) is 13.2 Å². The third kappa shape index (κ3) is 3.79. The van der Waals surface area contributed by atoms with Crippen molar-refractivity contribution in [2.45, 2.75) is 4.90 Å². The summed E-state index contributed by atoms with van der Waals surface area (Å²) in [5, 5.41) is 0.484. The Hall–Kier alpha value is -1.67. The molecule has 1 amide bonds. The summed E-state index contributed by atoms with van der Waals surface area (Å²) in [4.78, 5) is 18.1. The van der Waals surface area contributed by atoms with Gasteiger partial charge < -0.3 is 4.90 Å². The predicted octanol–water partition coefficient (Wildman–Crippen LogP) is 2.54. The highest BCUT2D eigenvalue weighted by Gasteiger charge is 2.31. The SMILES string of the molecule is O=C(c1ccccn1)N1CCN(S(=O)(=O)c2ccc(Cl)c(Cl)c2)CC1. The second kappa shape index (κ2) is 7.29. The Labute approximate surface area is 156 Å². The Morgan fingerprint density at radius 2 is 1.72 bits per heavy atom. The minimum atomic E-state index is -3.68. The standard InChI is InChI=1S/C16H15Cl2N3O3S/c17-13-5-4-12(11-14(13)18)25(23,24)21-9-7-20(8-10-21)16(22)15-3-1-2-6-19-15/h1-6,11H,7-10H2. The fourth-order valence-electron chi connectivity index (χ4n) is 2.57. The van der Waals surface area contributed by atoms with Crippen LogP contribution in [0.2, 0.25) is 10.0 Å². The Morgan fingerprint density at radius 1 is 1.00 bits per heavy atom. The van der Waals surface area contributed by atoms with Crippen molar-refractivity contribution in [3.05, 3.63) is 58.3 Å². The summed E-state index contributed by atoms with van der Waals surface area (Å²) in [7, 11) is -3.68. The molecule has 9 heteroatoms. The fraction of sp³-hybridized carbons (Fsp3) is 0.250. The molecule has 25 heavy (non-hydrogen) atoms. The summed E-state index contributed by atoms with van der Waals surface area (Å²) in [6.07, 6.45) is 1.55. The fourth-order valence-corrected chi connectivity index (χ4v) is 4.38. The van der Waals surface area contributed by atoms with Crippen LogP contribution in [0.25, 0.3) is 0 Å². The summed E-state index contributed by atoms with van der Waals surface area (Å²) in [5.74, 6) is -0.202. The van der Waals surface area contributed by atoms with Gasteiger partial charge in [-0.2, -0.15) is 4.31 Å². The summed E-state index contributed by atoms with van der Waals surface area (Å²) in [6.45, 7) is 1.02. The van der Waals surface area contributed by atoms with E-state index in [0.29, 0.717) is 23.8 Å². The number of benzene rings is 1. The minimum Gasteiger partial charge on any atom is -0.335 e. The molecule has 1 aliphatic rings. The van der Waals surface area contributed by atoms with Crippen molar-refractivity contribution < 1.29 is 13.2 Å². The van der Waals surface area contributed by atoms with Gasteiger partial charge in [-0.15, -0.1) is 0 Å². The summed E-state index contributed by atoms with van der Waals surface area (Å²) in [5.41, 5.74) is 0.350. The number of rotatable bonds is 3. The van der Waals surface area contributed by atoms with Crippen LogP contribution in [0.1, 0.15) is 10.5 Å². The molecule has 0 aliphatic carbocycles. The van der Waals surface area contributed by atoms with Crippen molar-refractivity contribution in [3.8, 4) is 0 Å². The van der Waals surface area contributed by atoms with E-state index < -0.39 is 10.0 Å². The van der Waals surface area contributed by atoms with Crippen LogP contribution in [0, 0.1) is 0 Å². The summed E-state index contributed by atoms with van der Waals surface area (Å²) >= 11 is 11.8. The lowest BCUT2D eigenvalue weighted by Crippen LogP contribution is -2.50. The maximum Gasteiger partial charge on any atom is 0.272 e. The molecule has 2 aromatic rings. The van der Waals surface area contributed by atoms with Gasteiger partial charge in [0.1, 0.15) is 5.69 Å². The molecule has 0 atom stereocenters. The zero-order valence-corrected chi connectivity index (χ0v) is 15.4. The van der Waals surface area contributed by atoms with E-state index in [-0.39, 0.29) is 28.9 Å².